The molecule has 0 aliphatic carbocycles. The lowest BCUT2D eigenvalue weighted by Gasteiger charge is -2.37. The van der Waals surface area contributed by atoms with E-state index < -0.39 is 0 Å². The summed E-state index contributed by atoms with van der Waals surface area (Å²) in [6, 6.07) is 11.2. The van der Waals surface area contributed by atoms with E-state index in [1.165, 1.54) is 11.6 Å². The van der Waals surface area contributed by atoms with Crippen molar-refractivity contribution in [3.8, 4) is 0 Å². The highest BCUT2D eigenvalue weighted by atomic mass is 19.1. The maximum absolute atomic E-state index is 14.1. The van der Waals surface area contributed by atoms with E-state index in [4.69, 9.17) is 0 Å². The van der Waals surface area contributed by atoms with Crippen LogP contribution in [0, 0.1) is 5.82 Å². The van der Waals surface area contributed by atoms with Crippen molar-refractivity contribution >= 4 is 17.5 Å². The minimum absolute atomic E-state index is 0.159. The van der Waals surface area contributed by atoms with Gasteiger partial charge < -0.3 is 24.9 Å². The Labute approximate surface area is 190 Å². The second-order valence-electron chi connectivity index (χ2n) is 8.27. The molecule has 0 spiro atoms. The Balaban J connectivity index is 1.30. The van der Waals surface area contributed by atoms with E-state index in [0.717, 1.165) is 70.7 Å². The molecule has 2 aromatic rings. The van der Waals surface area contributed by atoms with E-state index in [1.807, 2.05) is 25.4 Å². The van der Waals surface area contributed by atoms with Crippen LogP contribution in [0.1, 0.15) is 12.5 Å². The molecule has 2 fully saturated rings. The van der Waals surface area contributed by atoms with Gasteiger partial charge in [-0.25, -0.2) is 9.37 Å². The second kappa shape index (κ2) is 10.6. The fraction of sp³-hybridized carbons (Fsp3) is 0.500. The van der Waals surface area contributed by atoms with Crippen molar-refractivity contribution in [3.63, 3.8) is 0 Å². The highest BCUT2D eigenvalue weighted by Crippen LogP contribution is 2.20. The normalized spacial score (nSPS) is 18.2. The second-order valence-corrected chi connectivity index (χ2v) is 8.27. The Bertz CT molecular complexity index is 903. The molecule has 0 saturated carbocycles. The van der Waals surface area contributed by atoms with Crippen LogP contribution in [0.4, 0.5) is 15.9 Å². The first-order chi connectivity index (χ1) is 15.7. The molecule has 4 rings (SSSR count). The number of halogens is 1. The molecule has 32 heavy (non-hydrogen) atoms. The Hall–Kier alpha value is -2.87. The van der Waals surface area contributed by atoms with Gasteiger partial charge in [-0.05, 0) is 36.4 Å². The average molecular weight is 440 g/mol. The summed E-state index contributed by atoms with van der Waals surface area (Å²) < 4.78 is 14.1. The molecule has 1 N–H and O–H groups in total. The Morgan fingerprint density at radius 1 is 1.00 bits per heavy atom. The van der Waals surface area contributed by atoms with Crippen LogP contribution < -0.4 is 15.1 Å². The lowest BCUT2D eigenvalue weighted by Crippen LogP contribution is -2.52. The van der Waals surface area contributed by atoms with E-state index in [9.17, 15) is 4.39 Å². The first kappa shape index (κ1) is 22.3. The quantitative estimate of drug-likeness (QED) is 0.570. The number of rotatable bonds is 5. The van der Waals surface area contributed by atoms with Gasteiger partial charge in [-0.2, -0.15) is 0 Å². The van der Waals surface area contributed by atoms with Gasteiger partial charge in [0.15, 0.2) is 5.96 Å². The number of piperazine rings is 2. The minimum Gasteiger partial charge on any atom is -0.366 e. The summed E-state index contributed by atoms with van der Waals surface area (Å²) in [4.78, 5) is 18.3. The van der Waals surface area contributed by atoms with Crippen LogP contribution in [0.15, 0.2) is 47.6 Å². The van der Waals surface area contributed by atoms with Gasteiger partial charge in [0, 0.05) is 72.1 Å². The van der Waals surface area contributed by atoms with Crippen molar-refractivity contribution in [1.29, 1.82) is 0 Å². The molecule has 1 aromatic heterocycles. The summed E-state index contributed by atoms with van der Waals surface area (Å²) in [5.74, 6) is 1.77. The van der Waals surface area contributed by atoms with Gasteiger partial charge in [0.25, 0.3) is 0 Å². The van der Waals surface area contributed by atoms with Crippen LogP contribution in [0.2, 0.25) is 0 Å². The molecule has 0 amide bonds. The van der Waals surface area contributed by atoms with Crippen LogP contribution in [0.25, 0.3) is 0 Å². The van der Waals surface area contributed by atoms with Crippen molar-refractivity contribution in [1.82, 2.24) is 20.1 Å². The zero-order valence-electron chi connectivity index (χ0n) is 19.2. The van der Waals surface area contributed by atoms with Crippen molar-refractivity contribution in [2.45, 2.75) is 13.5 Å². The minimum atomic E-state index is -0.159. The van der Waals surface area contributed by atoms with Gasteiger partial charge in [-0.1, -0.05) is 19.1 Å². The Kier molecular flexibility index (Phi) is 7.42. The van der Waals surface area contributed by atoms with Gasteiger partial charge in [0.05, 0.1) is 5.69 Å². The lowest BCUT2D eigenvalue weighted by molar-refractivity contribution is 0.270. The van der Waals surface area contributed by atoms with Crippen LogP contribution in [-0.4, -0.2) is 86.7 Å². The van der Waals surface area contributed by atoms with Gasteiger partial charge in [-0.3, -0.25) is 4.99 Å². The van der Waals surface area contributed by atoms with Gasteiger partial charge in [-0.15, -0.1) is 0 Å². The molecule has 172 valence electrons. The Morgan fingerprint density at radius 2 is 1.72 bits per heavy atom. The maximum Gasteiger partial charge on any atom is 0.194 e. The smallest absolute Gasteiger partial charge is 0.194 e. The molecule has 0 bridgehead atoms. The number of nitrogens with zero attached hydrogens (tertiary/aromatic N) is 6. The summed E-state index contributed by atoms with van der Waals surface area (Å²) >= 11 is 0. The predicted molar refractivity (Wildman–Crippen MR) is 129 cm³/mol. The number of aliphatic imine (C=N–C) groups is 1. The zero-order chi connectivity index (χ0) is 22.3. The molecule has 0 atom stereocenters. The average Bonchev–Trinajstić information content (AvgIpc) is 2.85. The van der Waals surface area contributed by atoms with E-state index in [-0.39, 0.29) is 5.82 Å². The van der Waals surface area contributed by atoms with Crippen molar-refractivity contribution in [2.75, 3.05) is 75.8 Å². The highest BCUT2D eigenvalue weighted by Gasteiger charge is 2.22. The van der Waals surface area contributed by atoms with Crippen molar-refractivity contribution < 1.29 is 4.39 Å². The molecule has 8 heteroatoms. The molecule has 7 nitrogen and oxygen atoms in total. The van der Waals surface area contributed by atoms with E-state index in [1.54, 1.807) is 6.07 Å². The standard InChI is InChI=1S/C24H34FN7/c1-3-29-10-12-31(13-11-29)23-18-20(8-9-27-23)19-28-24(26-2)32-16-14-30(15-17-32)22-7-5-4-6-21(22)25/h4-9,18H,3,10-17,19H2,1-2H3,(H,26,28). The summed E-state index contributed by atoms with van der Waals surface area (Å²) in [5.41, 5.74) is 1.87. The van der Waals surface area contributed by atoms with E-state index in [0.29, 0.717) is 12.2 Å². The van der Waals surface area contributed by atoms with Gasteiger partial charge in [0.1, 0.15) is 11.6 Å². The van der Waals surface area contributed by atoms with Gasteiger partial charge in [0.2, 0.25) is 0 Å². The van der Waals surface area contributed by atoms with E-state index >= 15 is 0 Å². The number of pyridine rings is 1. The molecule has 0 unspecified atom stereocenters. The molecule has 1 aromatic carbocycles. The maximum atomic E-state index is 14.1. The first-order valence-electron chi connectivity index (χ1n) is 11.5. The molecule has 2 saturated heterocycles. The summed E-state index contributed by atoms with van der Waals surface area (Å²) in [6.45, 7) is 11.4. The molecule has 3 heterocycles. The number of guanidine groups is 1. The molecule has 0 radical (unpaired) electrons. The molecule has 2 aliphatic heterocycles. The molecular weight excluding hydrogens is 405 g/mol. The Morgan fingerprint density at radius 3 is 2.41 bits per heavy atom. The molecular formula is C24H34FN7. The number of benzene rings is 1. The van der Waals surface area contributed by atoms with E-state index in [2.05, 4.69) is 53.9 Å². The third-order valence-electron chi connectivity index (χ3n) is 6.39. The highest BCUT2D eigenvalue weighted by molar-refractivity contribution is 5.80. The van der Waals surface area contributed by atoms with Gasteiger partial charge >= 0.3 is 0 Å². The van der Waals surface area contributed by atoms with Crippen LogP contribution in [0.5, 0.6) is 0 Å². The molecule has 2 aliphatic rings. The fourth-order valence-electron chi connectivity index (χ4n) is 4.42. The number of aromatic nitrogens is 1. The predicted octanol–water partition coefficient (Wildman–Crippen LogP) is 2.26. The van der Waals surface area contributed by atoms with Crippen LogP contribution >= 0.6 is 0 Å². The van der Waals surface area contributed by atoms with Crippen molar-refractivity contribution in [2.24, 2.45) is 4.99 Å². The SMILES string of the molecule is CCN1CCN(c2cc(CNC(=NC)N3CCN(c4ccccc4F)CC3)ccn2)CC1. The first-order valence-corrected chi connectivity index (χ1v) is 11.5. The number of hydrogen-bond donors (Lipinski definition) is 1. The third kappa shape index (κ3) is 5.30. The third-order valence-corrected chi connectivity index (χ3v) is 6.39. The summed E-state index contributed by atoms with van der Waals surface area (Å²) in [7, 11) is 1.82. The summed E-state index contributed by atoms with van der Waals surface area (Å²) in [5, 5.41) is 3.50. The topological polar surface area (TPSA) is 50.2 Å². The van der Waals surface area contributed by atoms with Crippen LogP contribution in [0.3, 0.4) is 0 Å². The fourth-order valence-corrected chi connectivity index (χ4v) is 4.42. The zero-order valence-corrected chi connectivity index (χ0v) is 19.2. The number of para-hydroxylation sites is 1. The largest absolute Gasteiger partial charge is 0.366 e. The number of hydrogen-bond acceptors (Lipinski definition) is 5. The number of nitrogens with one attached hydrogen (secondary N) is 1. The van der Waals surface area contributed by atoms with Crippen LogP contribution in [-0.2, 0) is 6.54 Å². The number of anilines is 2. The number of likely N-dealkylation sites (N-methyl/N-ethyl adjacent to an activating group) is 1. The van der Waals surface area contributed by atoms with Crippen molar-refractivity contribution in [3.05, 3.63) is 54.0 Å². The lowest BCUT2D eigenvalue weighted by atomic mass is 10.2. The summed E-state index contributed by atoms with van der Waals surface area (Å²) in [6.07, 6.45) is 1.90. The monoisotopic (exact) mass is 439 g/mol.